The van der Waals surface area contributed by atoms with E-state index in [1.165, 1.54) is 6.08 Å². The van der Waals surface area contributed by atoms with Crippen molar-refractivity contribution in [2.45, 2.75) is 40.0 Å². The average molecular weight is 309 g/mol. The molecule has 17 heavy (non-hydrogen) atoms. The Hall–Kier alpha value is -0.390. The highest BCUT2D eigenvalue weighted by Crippen LogP contribution is 2.14. The lowest BCUT2D eigenvalue weighted by Crippen LogP contribution is -3.00. The zero-order valence-corrected chi connectivity index (χ0v) is 12.8. The second-order valence-electron chi connectivity index (χ2n) is 4.07. The van der Waals surface area contributed by atoms with Gasteiger partial charge < -0.3 is 31.9 Å². The van der Waals surface area contributed by atoms with Gasteiger partial charge in [-0.2, -0.15) is 0 Å². The smallest absolute Gasteiger partial charge is 0.247 e. The van der Waals surface area contributed by atoms with Crippen LogP contribution in [0.15, 0.2) is 12.7 Å². The van der Waals surface area contributed by atoms with Gasteiger partial charge in [0.05, 0.1) is 19.6 Å². The van der Waals surface area contributed by atoms with Crippen LogP contribution in [0, 0.1) is 0 Å². The number of hydrogen-bond acceptors (Lipinski definition) is 2. The predicted octanol–water partition coefficient (Wildman–Crippen LogP) is -2.12. The number of nitrogens with one attached hydrogen (secondary N) is 1. The number of rotatable bonds is 7. The lowest BCUT2D eigenvalue weighted by molar-refractivity contribution is -0.951. The number of likely N-dealkylation sites (N-methyl/N-ethyl adjacent to an activating group) is 1. The summed E-state index contributed by atoms with van der Waals surface area (Å²) in [6, 6.07) is 0. The fraction of sp³-hybridized carbons (Fsp3) is 0.750. The molecule has 2 unspecified atom stereocenters. The highest BCUT2D eigenvalue weighted by Gasteiger charge is 2.36. The molecule has 0 aliphatic rings. The molecule has 4 nitrogen and oxygen atoms in total. The van der Waals surface area contributed by atoms with Gasteiger partial charge in [0.15, 0.2) is 6.17 Å². The lowest BCUT2D eigenvalue weighted by Gasteiger charge is -2.44. The largest absolute Gasteiger partial charge is 1.00 e. The number of aliphatic hydroxyl groups is 1. The maximum absolute atomic E-state index is 11.4. The minimum atomic E-state index is -0.580. The maximum atomic E-state index is 11.4. The van der Waals surface area contributed by atoms with E-state index in [9.17, 15) is 9.90 Å². The van der Waals surface area contributed by atoms with Gasteiger partial charge in [-0.25, -0.2) is 0 Å². The van der Waals surface area contributed by atoms with Crippen LogP contribution in [0.2, 0.25) is 0 Å². The number of nitrogens with zero attached hydrogens (tertiary/aromatic N) is 1. The van der Waals surface area contributed by atoms with E-state index in [1.807, 2.05) is 0 Å². The van der Waals surface area contributed by atoms with Crippen LogP contribution in [0.3, 0.4) is 0 Å². The van der Waals surface area contributed by atoms with Gasteiger partial charge in [-0.15, -0.1) is 0 Å². The topological polar surface area (TPSA) is 49.3 Å². The van der Waals surface area contributed by atoms with Gasteiger partial charge in [0, 0.05) is 0 Å². The zero-order chi connectivity index (χ0) is 12.8. The minimum absolute atomic E-state index is 0. The van der Waals surface area contributed by atoms with Crippen molar-refractivity contribution in [1.29, 1.82) is 0 Å². The van der Waals surface area contributed by atoms with Gasteiger partial charge >= 0.3 is 0 Å². The molecule has 0 aromatic heterocycles. The number of halogens is 1. The van der Waals surface area contributed by atoms with Crippen molar-refractivity contribution < 1.29 is 31.4 Å². The fourth-order valence-electron chi connectivity index (χ4n) is 2.18. The third-order valence-corrected chi connectivity index (χ3v) is 3.41. The molecule has 0 heterocycles. The third kappa shape index (κ3) is 4.77. The second-order valence-corrected chi connectivity index (χ2v) is 4.07. The normalized spacial score (nSPS) is 14.4. The zero-order valence-electron chi connectivity index (χ0n) is 11.2. The predicted molar refractivity (Wildman–Crippen MR) is 65.7 cm³/mol. The first-order chi connectivity index (χ1) is 7.47. The molecule has 102 valence electrons. The number of amides is 1. The van der Waals surface area contributed by atoms with E-state index in [0.29, 0.717) is 4.48 Å². The number of carbonyl (C=O) groups is 1. The molecular weight excluding hydrogens is 284 g/mol. The molecule has 1 amide bonds. The van der Waals surface area contributed by atoms with Crippen molar-refractivity contribution in [2.24, 2.45) is 0 Å². The van der Waals surface area contributed by atoms with Gasteiger partial charge in [0.1, 0.15) is 6.10 Å². The van der Waals surface area contributed by atoms with Crippen LogP contribution in [0.4, 0.5) is 0 Å². The molecule has 0 saturated carbocycles. The second kappa shape index (κ2) is 8.66. The molecular formula is C12H25BrN2O2. The molecule has 2 atom stereocenters. The molecule has 0 rings (SSSR count). The molecule has 0 aliphatic carbocycles. The van der Waals surface area contributed by atoms with E-state index in [0.717, 1.165) is 19.6 Å². The summed E-state index contributed by atoms with van der Waals surface area (Å²) < 4.78 is 0.678. The SMILES string of the molecule is C=CC(=O)NC(C(C)O)[N+](CC)(CC)CC.[Br-]. The monoisotopic (exact) mass is 308 g/mol. The van der Waals surface area contributed by atoms with Gasteiger partial charge in [0.2, 0.25) is 5.91 Å². The Kier molecular flexibility index (Phi) is 9.66. The summed E-state index contributed by atoms with van der Waals surface area (Å²) in [5, 5.41) is 12.6. The Balaban J connectivity index is 0. The van der Waals surface area contributed by atoms with Crippen LogP contribution in [0.1, 0.15) is 27.7 Å². The van der Waals surface area contributed by atoms with Crippen molar-refractivity contribution >= 4 is 5.91 Å². The molecule has 0 bridgehead atoms. The number of carbonyl (C=O) groups excluding carboxylic acids is 1. The van der Waals surface area contributed by atoms with Crippen molar-refractivity contribution in [3.05, 3.63) is 12.7 Å². The van der Waals surface area contributed by atoms with Gasteiger partial charge in [-0.1, -0.05) is 6.58 Å². The van der Waals surface area contributed by atoms with E-state index >= 15 is 0 Å². The molecule has 0 aromatic rings. The first-order valence-electron chi connectivity index (χ1n) is 5.94. The Morgan fingerprint density at radius 3 is 2.00 bits per heavy atom. The average Bonchev–Trinajstić information content (AvgIpc) is 2.29. The molecule has 0 spiro atoms. The molecule has 5 heteroatoms. The molecule has 0 aliphatic heterocycles. The summed E-state index contributed by atoms with van der Waals surface area (Å²) >= 11 is 0. The molecule has 0 saturated heterocycles. The first-order valence-corrected chi connectivity index (χ1v) is 5.94. The molecule has 0 radical (unpaired) electrons. The molecule has 0 aromatic carbocycles. The van der Waals surface area contributed by atoms with Gasteiger partial charge in [0.25, 0.3) is 0 Å². The minimum Gasteiger partial charge on any atom is -1.00 e. The van der Waals surface area contributed by atoms with Crippen molar-refractivity contribution in [3.8, 4) is 0 Å². The van der Waals surface area contributed by atoms with Crippen LogP contribution in [-0.2, 0) is 4.79 Å². The standard InChI is InChI=1S/C12H24N2O2.BrH/c1-6-11(16)13-12(10(5)15)14(7-2,8-3)9-4;/h6,10,12,15H,1,7-9H2,2-5H3;1H. The maximum Gasteiger partial charge on any atom is 0.247 e. The Bertz CT molecular complexity index is 232. The van der Waals surface area contributed by atoms with Gasteiger partial charge in [-0.3, -0.25) is 4.79 Å². The highest BCUT2D eigenvalue weighted by atomic mass is 79.9. The van der Waals surface area contributed by atoms with Crippen LogP contribution < -0.4 is 22.3 Å². The Morgan fingerprint density at radius 1 is 1.35 bits per heavy atom. The summed E-state index contributed by atoms with van der Waals surface area (Å²) in [4.78, 5) is 11.4. The number of quaternary nitrogens is 1. The summed E-state index contributed by atoms with van der Waals surface area (Å²) in [7, 11) is 0. The van der Waals surface area contributed by atoms with E-state index in [4.69, 9.17) is 0 Å². The van der Waals surface area contributed by atoms with Gasteiger partial charge in [-0.05, 0) is 33.8 Å². The summed E-state index contributed by atoms with van der Waals surface area (Å²) in [5.41, 5.74) is 0. The van der Waals surface area contributed by atoms with Crippen LogP contribution in [0.5, 0.6) is 0 Å². The summed E-state index contributed by atoms with van der Waals surface area (Å²) in [6.07, 6.45) is 0.389. The number of hydrogen-bond donors (Lipinski definition) is 2. The van der Waals surface area contributed by atoms with Crippen molar-refractivity contribution in [3.63, 3.8) is 0 Å². The Labute approximate surface area is 115 Å². The van der Waals surface area contributed by atoms with Crippen molar-refractivity contribution in [1.82, 2.24) is 5.32 Å². The van der Waals surface area contributed by atoms with Crippen molar-refractivity contribution in [2.75, 3.05) is 19.6 Å². The first kappa shape index (κ1) is 19.0. The summed E-state index contributed by atoms with van der Waals surface area (Å²) in [6.45, 7) is 14.0. The van der Waals surface area contributed by atoms with Crippen LogP contribution in [0.25, 0.3) is 0 Å². The number of aliphatic hydroxyl groups excluding tert-OH is 1. The Morgan fingerprint density at radius 2 is 1.76 bits per heavy atom. The summed E-state index contributed by atoms with van der Waals surface area (Å²) in [5.74, 6) is -0.233. The third-order valence-electron chi connectivity index (χ3n) is 3.41. The van der Waals surface area contributed by atoms with Crippen LogP contribution in [-0.4, -0.2) is 47.4 Å². The molecule has 0 fully saturated rings. The van der Waals surface area contributed by atoms with E-state index in [1.54, 1.807) is 6.92 Å². The van der Waals surface area contributed by atoms with E-state index in [2.05, 4.69) is 32.7 Å². The van der Waals surface area contributed by atoms with Crippen LogP contribution >= 0.6 is 0 Å². The quantitative estimate of drug-likeness (QED) is 0.321. The molecule has 2 N–H and O–H groups in total. The lowest BCUT2D eigenvalue weighted by atomic mass is 10.2. The fourth-order valence-corrected chi connectivity index (χ4v) is 2.18. The highest BCUT2D eigenvalue weighted by molar-refractivity contribution is 5.86. The van der Waals surface area contributed by atoms with E-state index in [-0.39, 0.29) is 29.1 Å². The van der Waals surface area contributed by atoms with E-state index < -0.39 is 6.10 Å².